The topological polar surface area (TPSA) is 314 Å². The average molecular weight is 1250 g/mol. The molecule has 0 unspecified atom stereocenters. The molecule has 90 heavy (non-hydrogen) atoms. The van der Waals surface area contributed by atoms with E-state index in [-0.39, 0.29) is 51.0 Å². The number of carbonyl (C=O) groups is 9. The molecule has 10 N–H and O–H groups in total. The summed E-state index contributed by atoms with van der Waals surface area (Å²) in [5, 5.41) is 36.4. The molecular formula is C69H98N8O13. The second kappa shape index (κ2) is 35.3. The number of aliphatic hydroxyl groups is 1. The normalized spacial score (nSPS) is 15.0. The van der Waals surface area contributed by atoms with Crippen LogP contribution in [0, 0.1) is 23.7 Å². The second-order valence-corrected chi connectivity index (χ2v) is 25.1. The molecule has 0 bridgehead atoms. The second-order valence-electron chi connectivity index (χ2n) is 25.1. The lowest BCUT2D eigenvalue weighted by Gasteiger charge is -2.37. The van der Waals surface area contributed by atoms with Gasteiger partial charge in [-0.1, -0.05) is 171 Å². The van der Waals surface area contributed by atoms with Crippen molar-refractivity contribution in [1.29, 1.82) is 0 Å². The highest BCUT2D eigenvalue weighted by atomic mass is 16.5. The molecule has 0 saturated carbocycles. The highest BCUT2D eigenvalue weighted by Crippen LogP contribution is 2.37. The number of likely N-dealkylation sites (N-methyl/N-ethyl adjacent to an activating group) is 1. The van der Waals surface area contributed by atoms with Crippen LogP contribution in [0.25, 0.3) is 0 Å². The highest BCUT2D eigenvalue weighted by molar-refractivity contribution is 5.96. The number of hydrogen-bond acceptors (Lipinski definition) is 13. The molecule has 0 saturated heterocycles. The van der Waals surface area contributed by atoms with Crippen LogP contribution in [-0.2, 0) is 59.8 Å². The molecule has 10 atom stereocenters. The van der Waals surface area contributed by atoms with E-state index in [0.717, 1.165) is 16.7 Å². The van der Waals surface area contributed by atoms with Gasteiger partial charge in [0.05, 0.1) is 6.04 Å². The van der Waals surface area contributed by atoms with Crippen LogP contribution in [0.4, 0.5) is 0 Å². The maximum atomic E-state index is 15.0. The van der Waals surface area contributed by atoms with Crippen molar-refractivity contribution in [2.24, 2.45) is 29.4 Å². The number of aliphatic carboxylic acids is 1. The van der Waals surface area contributed by atoms with E-state index in [2.05, 4.69) is 31.9 Å². The zero-order chi connectivity index (χ0) is 67.0. The number of carboxylic acid groups (broad SMARTS) is 1. The predicted octanol–water partition coefficient (Wildman–Crippen LogP) is 6.46. The number of rotatable bonds is 35. The van der Waals surface area contributed by atoms with Gasteiger partial charge in [-0.3, -0.25) is 33.6 Å². The summed E-state index contributed by atoms with van der Waals surface area (Å²) in [6.45, 7) is 20.6. The van der Waals surface area contributed by atoms with E-state index in [9.17, 15) is 48.6 Å². The van der Waals surface area contributed by atoms with E-state index < -0.39 is 131 Å². The van der Waals surface area contributed by atoms with Gasteiger partial charge < -0.3 is 62.2 Å². The summed E-state index contributed by atoms with van der Waals surface area (Å²) in [6.07, 6.45) is -1.17. The number of nitrogens with one attached hydrogen (secondary N) is 6. The van der Waals surface area contributed by atoms with Crippen LogP contribution in [-0.4, -0.2) is 136 Å². The number of amides is 7. The Balaban J connectivity index is 1.75. The van der Waals surface area contributed by atoms with E-state index in [0.29, 0.717) is 24.2 Å². The zero-order valence-electron chi connectivity index (χ0n) is 54.7. The first-order valence-corrected chi connectivity index (χ1v) is 31.3. The van der Waals surface area contributed by atoms with Crippen LogP contribution in [0.3, 0.4) is 0 Å². The van der Waals surface area contributed by atoms with Gasteiger partial charge in [0.15, 0.2) is 0 Å². The number of carbonyl (C=O) groups excluding carboxylic acids is 8. The molecule has 4 aromatic carbocycles. The number of aliphatic hydroxyl groups excluding tert-OH is 1. The minimum absolute atomic E-state index is 0.0216. The molecule has 0 aliphatic carbocycles. The van der Waals surface area contributed by atoms with Gasteiger partial charge in [0, 0.05) is 32.4 Å². The molecule has 492 valence electrons. The lowest BCUT2D eigenvalue weighted by atomic mass is 9.77. The van der Waals surface area contributed by atoms with Gasteiger partial charge >= 0.3 is 11.9 Å². The molecule has 0 spiro atoms. The standard InChI is InChI=1S/C69H98N8O13/c1-14-44(7)57(73-61(81)52(70)32-25-39-78)65(85)77(13)55(41-47-33-35-51(36-34-47)90-68(10,11)12)63(83)74-58(45(8)15-2)67(88)89-46(9)59(64(84)72-54(66(86)87)40-42(3)4)75-62(82)53(71-60(80)43(5)6)37-38-56(79)76-69(48-26-19-16-20-27-48,49-28-21-17-22-29-49)50-30-23-18-24-31-50/h16-24,26-31,33-36,42-46,52-55,57-59,78H,14-15,25,32,37-41,70H2,1-13H3,(H,71,80)(H,72,84)(H,73,81)(H,74,83)(H,75,82)(H,76,79)(H,86,87)/t44-,45-,46+,52-,53-,54-,55-,57-,58-,59-/m0/s1. The van der Waals surface area contributed by atoms with E-state index in [4.69, 9.17) is 15.2 Å². The molecule has 0 heterocycles. The van der Waals surface area contributed by atoms with Crippen LogP contribution in [0.1, 0.15) is 150 Å². The summed E-state index contributed by atoms with van der Waals surface area (Å²) in [5.41, 5.74) is 7.24. The summed E-state index contributed by atoms with van der Waals surface area (Å²) in [6, 6.07) is 25.3. The summed E-state index contributed by atoms with van der Waals surface area (Å²) < 4.78 is 12.1. The van der Waals surface area contributed by atoms with Crippen molar-refractivity contribution >= 4 is 53.3 Å². The van der Waals surface area contributed by atoms with Gasteiger partial charge in [0.25, 0.3) is 0 Å². The van der Waals surface area contributed by atoms with Gasteiger partial charge in [-0.15, -0.1) is 0 Å². The Hall–Kier alpha value is -8.17. The van der Waals surface area contributed by atoms with Crippen molar-refractivity contribution in [2.45, 2.75) is 194 Å². The number of ether oxygens (including phenoxy) is 2. The molecule has 7 amide bonds. The van der Waals surface area contributed by atoms with Gasteiger partial charge in [-0.05, 0) is 106 Å². The lowest BCUT2D eigenvalue weighted by Crippen LogP contribution is -2.61. The van der Waals surface area contributed by atoms with Crippen molar-refractivity contribution in [3.8, 4) is 5.75 Å². The van der Waals surface area contributed by atoms with Crippen molar-refractivity contribution < 1.29 is 62.8 Å². The molecule has 0 aliphatic rings. The molecule has 0 aliphatic heterocycles. The molecule has 4 aromatic rings. The van der Waals surface area contributed by atoms with Crippen LogP contribution < -0.4 is 42.4 Å². The van der Waals surface area contributed by atoms with Crippen molar-refractivity contribution in [3.05, 3.63) is 138 Å². The molecule has 4 rings (SSSR count). The summed E-state index contributed by atoms with van der Waals surface area (Å²) in [4.78, 5) is 129. The zero-order valence-corrected chi connectivity index (χ0v) is 54.7. The van der Waals surface area contributed by atoms with Crippen LogP contribution in [0.2, 0.25) is 0 Å². The lowest BCUT2D eigenvalue weighted by molar-refractivity contribution is -0.158. The average Bonchev–Trinajstić information content (AvgIpc) is 0.844. The number of esters is 1. The number of nitrogens with two attached hydrogens (primary N) is 1. The van der Waals surface area contributed by atoms with E-state index in [1.165, 1.54) is 18.9 Å². The first-order chi connectivity index (χ1) is 42.5. The maximum Gasteiger partial charge on any atom is 0.329 e. The predicted molar refractivity (Wildman–Crippen MR) is 344 cm³/mol. The third kappa shape index (κ3) is 21.8. The smallest absolute Gasteiger partial charge is 0.329 e. The van der Waals surface area contributed by atoms with Gasteiger partial charge in [0.1, 0.15) is 59.2 Å². The van der Waals surface area contributed by atoms with E-state index in [1.807, 2.05) is 119 Å². The minimum Gasteiger partial charge on any atom is -0.488 e. The summed E-state index contributed by atoms with van der Waals surface area (Å²) in [5.74, 6) is -8.94. The van der Waals surface area contributed by atoms with E-state index >= 15 is 4.79 Å². The fraction of sp³-hybridized carbons (Fsp3) is 0.522. The van der Waals surface area contributed by atoms with E-state index in [1.54, 1.807) is 72.7 Å². The number of hydrogen-bond donors (Lipinski definition) is 9. The maximum absolute atomic E-state index is 15.0. The van der Waals surface area contributed by atoms with Crippen molar-refractivity contribution in [1.82, 2.24) is 36.8 Å². The molecule has 0 radical (unpaired) electrons. The monoisotopic (exact) mass is 1250 g/mol. The van der Waals surface area contributed by atoms with Gasteiger partial charge in [-0.25, -0.2) is 9.59 Å². The largest absolute Gasteiger partial charge is 0.488 e. The Bertz CT molecular complexity index is 2880. The third-order valence-corrected chi connectivity index (χ3v) is 15.9. The first-order valence-electron chi connectivity index (χ1n) is 31.3. The van der Waals surface area contributed by atoms with Crippen molar-refractivity contribution in [2.75, 3.05) is 13.7 Å². The third-order valence-electron chi connectivity index (χ3n) is 15.9. The fourth-order valence-corrected chi connectivity index (χ4v) is 10.2. The quantitative estimate of drug-likeness (QED) is 0.0177. The number of benzene rings is 4. The first kappa shape index (κ1) is 74.3. The Morgan fingerprint density at radius 2 is 1.08 bits per heavy atom. The van der Waals surface area contributed by atoms with Crippen LogP contribution >= 0.6 is 0 Å². The van der Waals surface area contributed by atoms with Gasteiger partial charge in [0.2, 0.25) is 41.4 Å². The van der Waals surface area contributed by atoms with Crippen LogP contribution in [0.15, 0.2) is 115 Å². The summed E-state index contributed by atoms with van der Waals surface area (Å²) >= 11 is 0. The minimum atomic E-state index is -1.83. The molecule has 21 heteroatoms. The molecule has 21 nitrogen and oxygen atoms in total. The van der Waals surface area contributed by atoms with Gasteiger partial charge in [-0.2, -0.15) is 0 Å². The molecule has 0 aromatic heterocycles. The van der Waals surface area contributed by atoms with Crippen LogP contribution in [0.5, 0.6) is 5.75 Å². The molecular weight excluding hydrogens is 1150 g/mol. The summed E-state index contributed by atoms with van der Waals surface area (Å²) in [7, 11) is 1.42. The SMILES string of the molecule is CC[C@H](C)[C@H](NC(=O)[C@H](Cc1ccc(OC(C)(C)C)cc1)N(C)C(=O)[C@@H](NC(=O)[C@@H](N)CCCO)[C@@H](C)CC)C(=O)O[C@H](C)[C@H](NC(=O)[C@H](CCC(=O)NC(c1ccccc1)(c1ccccc1)c1ccccc1)NC(=O)C(C)C)C(=O)N[C@@H](CC(C)C)C(=O)O. The number of nitrogens with zero attached hydrogens (tertiary/aromatic N) is 1. The fourth-order valence-electron chi connectivity index (χ4n) is 10.2. The Kier molecular flexibility index (Phi) is 29.1. The highest BCUT2D eigenvalue weighted by Gasteiger charge is 2.42. The van der Waals surface area contributed by atoms with Crippen molar-refractivity contribution in [3.63, 3.8) is 0 Å². The number of carboxylic acids is 1. The Morgan fingerprint density at radius 3 is 1.54 bits per heavy atom. The Morgan fingerprint density at radius 1 is 0.589 bits per heavy atom. The Labute approximate surface area is 531 Å². The molecule has 0 fully saturated rings.